The maximum absolute atomic E-state index is 8.86. The Morgan fingerprint density at radius 1 is 1.55 bits per heavy atom. The fourth-order valence-corrected chi connectivity index (χ4v) is 1.58. The normalized spacial score (nSPS) is 26.2. The van der Waals surface area contributed by atoms with E-state index in [0.717, 1.165) is 39.0 Å². The lowest BCUT2D eigenvalue weighted by Gasteiger charge is -2.13. The van der Waals surface area contributed by atoms with Crippen LogP contribution in [-0.2, 0) is 0 Å². The molecule has 1 heterocycles. The fourth-order valence-electron chi connectivity index (χ4n) is 1.58. The van der Waals surface area contributed by atoms with E-state index < -0.39 is 0 Å². The molecule has 0 bridgehead atoms. The topological polar surface area (TPSA) is 49.5 Å². The number of nitrogens with zero attached hydrogens (tertiary/aromatic N) is 1. The molecule has 0 amide bonds. The van der Waals surface area contributed by atoms with E-state index in [9.17, 15) is 0 Å². The largest absolute Gasteiger partial charge is 0.396 e. The van der Waals surface area contributed by atoms with Crippen molar-refractivity contribution in [2.75, 3.05) is 32.8 Å². The van der Waals surface area contributed by atoms with Crippen molar-refractivity contribution >= 4 is 0 Å². The molecule has 66 valence electrons. The molecule has 1 rings (SSSR count). The van der Waals surface area contributed by atoms with Crippen LogP contribution in [0.15, 0.2) is 0 Å². The SMILES string of the molecule is NCCCN1CCC(CO)C1. The summed E-state index contributed by atoms with van der Waals surface area (Å²) in [5.74, 6) is 0.521. The summed E-state index contributed by atoms with van der Waals surface area (Å²) >= 11 is 0. The number of rotatable bonds is 4. The quantitative estimate of drug-likeness (QED) is 0.588. The number of nitrogens with two attached hydrogens (primary N) is 1. The van der Waals surface area contributed by atoms with E-state index in [1.165, 1.54) is 0 Å². The second kappa shape index (κ2) is 4.70. The van der Waals surface area contributed by atoms with Crippen LogP contribution in [0, 0.1) is 5.92 Å². The molecule has 1 fully saturated rings. The highest BCUT2D eigenvalue weighted by molar-refractivity contribution is 4.74. The molecule has 0 saturated carbocycles. The van der Waals surface area contributed by atoms with Gasteiger partial charge in [-0.2, -0.15) is 0 Å². The zero-order valence-corrected chi connectivity index (χ0v) is 7.00. The zero-order chi connectivity index (χ0) is 8.10. The molecule has 1 unspecified atom stereocenters. The summed E-state index contributed by atoms with van der Waals surface area (Å²) in [5, 5.41) is 8.86. The van der Waals surface area contributed by atoms with Gasteiger partial charge in [-0.05, 0) is 38.4 Å². The number of hydrogen-bond acceptors (Lipinski definition) is 3. The van der Waals surface area contributed by atoms with Crippen molar-refractivity contribution in [3.05, 3.63) is 0 Å². The Hall–Kier alpha value is -0.120. The van der Waals surface area contributed by atoms with Gasteiger partial charge in [0.15, 0.2) is 0 Å². The number of aliphatic hydroxyl groups is 1. The molecule has 3 nitrogen and oxygen atoms in total. The molecule has 0 aliphatic carbocycles. The van der Waals surface area contributed by atoms with E-state index in [-0.39, 0.29) is 0 Å². The molecule has 0 spiro atoms. The highest BCUT2D eigenvalue weighted by Crippen LogP contribution is 2.14. The van der Waals surface area contributed by atoms with E-state index in [2.05, 4.69) is 4.90 Å². The molecule has 1 aliphatic heterocycles. The molecule has 1 atom stereocenters. The molecule has 0 aromatic heterocycles. The van der Waals surface area contributed by atoms with Crippen molar-refractivity contribution in [2.45, 2.75) is 12.8 Å². The summed E-state index contributed by atoms with van der Waals surface area (Å²) in [7, 11) is 0. The lowest BCUT2D eigenvalue weighted by molar-refractivity contribution is 0.221. The van der Waals surface area contributed by atoms with E-state index in [4.69, 9.17) is 10.8 Å². The Labute approximate surface area is 68.2 Å². The second-order valence-corrected chi connectivity index (χ2v) is 3.28. The van der Waals surface area contributed by atoms with Gasteiger partial charge in [-0.25, -0.2) is 0 Å². The summed E-state index contributed by atoms with van der Waals surface area (Å²) in [6, 6.07) is 0. The van der Waals surface area contributed by atoms with E-state index in [0.29, 0.717) is 12.5 Å². The average Bonchev–Trinajstić information content (AvgIpc) is 2.48. The monoisotopic (exact) mass is 158 g/mol. The number of aliphatic hydroxyl groups excluding tert-OH is 1. The Bertz CT molecular complexity index is 108. The van der Waals surface area contributed by atoms with E-state index in [1.807, 2.05) is 0 Å². The molecule has 1 aliphatic rings. The highest BCUT2D eigenvalue weighted by Gasteiger charge is 2.20. The third kappa shape index (κ3) is 2.77. The molecule has 0 aromatic rings. The van der Waals surface area contributed by atoms with Crippen molar-refractivity contribution in [1.29, 1.82) is 0 Å². The second-order valence-electron chi connectivity index (χ2n) is 3.28. The van der Waals surface area contributed by atoms with Crippen molar-refractivity contribution in [2.24, 2.45) is 11.7 Å². The van der Waals surface area contributed by atoms with Crippen LogP contribution in [0.1, 0.15) is 12.8 Å². The van der Waals surface area contributed by atoms with Crippen molar-refractivity contribution in [3.63, 3.8) is 0 Å². The fraction of sp³-hybridized carbons (Fsp3) is 1.00. The van der Waals surface area contributed by atoms with Gasteiger partial charge in [0, 0.05) is 13.2 Å². The molecular weight excluding hydrogens is 140 g/mol. The van der Waals surface area contributed by atoms with Gasteiger partial charge in [0.1, 0.15) is 0 Å². The van der Waals surface area contributed by atoms with E-state index >= 15 is 0 Å². The minimum absolute atomic E-state index is 0.346. The van der Waals surface area contributed by atoms with Gasteiger partial charge < -0.3 is 15.7 Å². The first-order valence-electron chi connectivity index (χ1n) is 4.40. The smallest absolute Gasteiger partial charge is 0.0471 e. The lowest BCUT2D eigenvalue weighted by atomic mass is 10.1. The first kappa shape index (κ1) is 8.97. The van der Waals surface area contributed by atoms with Crippen LogP contribution in [0.2, 0.25) is 0 Å². The minimum Gasteiger partial charge on any atom is -0.396 e. The van der Waals surface area contributed by atoms with Gasteiger partial charge in [0.2, 0.25) is 0 Å². The van der Waals surface area contributed by atoms with Crippen LogP contribution < -0.4 is 5.73 Å². The highest BCUT2D eigenvalue weighted by atomic mass is 16.3. The van der Waals surface area contributed by atoms with Gasteiger partial charge in [-0.3, -0.25) is 0 Å². The van der Waals surface area contributed by atoms with Crippen molar-refractivity contribution in [1.82, 2.24) is 4.90 Å². The average molecular weight is 158 g/mol. The summed E-state index contributed by atoms with van der Waals surface area (Å²) in [4.78, 5) is 2.38. The van der Waals surface area contributed by atoms with Crippen LogP contribution in [0.25, 0.3) is 0 Å². The summed E-state index contributed by atoms with van der Waals surface area (Å²) in [5.41, 5.74) is 5.40. The maximum Gasteiger partial charge on any atom is 0.0471 e. The third-order valence-corrected chi connectivity index (χ3v) is 2.31. The third-order valence-electron chi connectivity index (χ3n) is 2.31. The Balaban J connectivity index is 2.09. The van der Waals surface area contributed by atoms with Crippen LogP contribution in [-0.4, -0.2) is 42.8 Å². The van der Waals surface area contributed by atoms with Gasteiger partial charge in [-0.15, -0.1) is 0 Å². The Kier molecular flexibility index (Phi) is 3.83. The number of hydrogen-bond donors (Lipinski definition) is 2. The van der Waals surface area contributed by atoms with Gasteiger partial charge in [0.25, 0.3) is 0 Å². The van der Waals surface area contributed by atoms with Crippen LogP contribution in [0.4, 0.5) is 0 Å². The van der Waals surface area contributed by atoms with E-state index in [1.54, 1.807) is 0 Å². The van der Waals surface area contributed by atoms with Crippen molar-refractivity contribution in [3.8, 4) is 0 Å². The number of likely N-dealkylation sites (tertiary alicyclic amines) is 1. The molecule has 0 radical (unpaired) electrons. The standard InChI is InChI=1S/C8H18N2O/c9-3-1-4-10-5-2-8(6-10)7-11/h8,11H,1-7,9H2. The van der Waals surface area contributed by atoms with Crippen LogP contribution in [0.5, 0.6) is 0 Å². The molecular formula is C8H18N2O. The molecule has 11 heavy (non-hydrogen) atoms. The molecule has 3 heteroatoms. The Morgan fingerprint density at radius 3 is 2.91 bits per heavy atom. The predicted molar refractivity (Wildman–Crippen MR) is 45.3 cm³/mol. The molecule has 3 N–H and O–H groups in total. The van der Waals surface area contributed by atoms with Gasteiger partial charge in [0.05, 0.1) is 0 Å². The summed E-state index contributed by atoms with van der Waals surface area (Å²) < 4.78 is 0. The lowest BCUT2D eigenvalue weighted by Crippen LogP contribution is -2.24. The summed E-state index contributed by atoms with van der Waals surface area (Å²) in [6.07, 6.45) is 2.24. The zero-order valence-electron chi connectivity index (χ0n) is 7.00. The molecule has 1 saturated heterocycles. The van der Waals surface area contributed by atoms with Gasteiger partial charge in [-0.1, -0.05) is 0 Å². The Morgan fingerprint density at radius 2 is 2.36 bits per heavy atom. The van der Waals surface area contributed by atoms with Gasteiger partial charge >= 0.3 is 0 Å². The summed E-state index contributed by atoms with van der Waals surface area (Å²) in [6.45, 7) is 4.44. The maximum atomic E-state index is 8.86. The first-order valence-corrected chi connectivity index (χ1v) is 4.40. The van der Waals surface area contributed by atoms with Crippen molar-refractivity contribution < 1.29 is 5.11 Å². The van der Waals surface area contributed by atoms with Crippen LogP contribution in [0.3, 0.4) is 0 Å². The predicted octanol–water partition coefficient (Wildman–Crippen LogP) is -0.351. The first-order chi connectivity index (χ1) is 5.36. The van der Waals surface area contributed by atoms with Crippen LogP contribution >= 0.6 is 0 Å². The minimum atomic E-state index is 0.346. The molecule has 0 aromatic carbocycles.